The number of fused-ring (bicyclic) bond motifs is 2. The fraction of sp³-hybridized carbons (Fsp3) is 0.0769. The second-order valence-electron chi connectivity index (χ2n) is 8.70. The van der Waals surface area contributed by atoms with Crippen LogP contribution in [0.1, 0.15) is 5.56 Å². The zero-order valence-corrected chi connectivity index (χ0v) is 20.3. The monoisotopic (exact) mass is 513 g/mol. The first kappa shape index (κ1) is 23.0. The zero-order chi connectivity index (χ0) is 25.6. The molecule has 37 heavy (non-hydrogen) atoms. The molecule has 0 amide bonds. The van der Waals surface area contributed by atoms with Crippen LogP contribution in [0.2, 0.25) is 0 Å². The van der Waals surface area contributed by atoms with E-state index in [1.165, 1.54) is 12.1 Å². The Labute approximate surface area is 210 Å². The van der Waals surface area contributed by atoms with Gasteiger partial charge in [-0.2, -0.15) is 5.10 Å². The van der Waals surface area contributed by atoms with Crippen molar-refractivity contribution in [3.63, 3.8) is 0 Å². The molecule has 0 atom stereocenters. The highest BCUT2D eigenvalue weighted by atomic mass is 32.2. The molecule has 0 fully saturated rings. The number of H-pyrrole nitrogens is 2. The minimum Gasteiger partial charge on any atom is -0.352 e. The molecule has 0 bridgehead atoms. The van der Waals surface area contributed by atoms with Gasteiger partial charge in [0.25, 0.3) is 0 Å². The minimum absolute atomic E-state index is 0.0151. The first-order chi connectivity index (χ1) is 17.8. The highest BCUT2D eigenvalue weighted by Crippen LogP contribution is 2.35. The molecule has 0 spiro atoms. The summed E-state index contributed by atoms with van der Waals surface area (Å²) >= 11 is 0. The number of rotatable bonds is 6. The van der Waals surface area contributed by atoms with E-state index in [1.54, 1.807) is 37.1 Å². The van der Waals surface area contributed by atoms with E-state index < -0.39 is 15.8 Å². The van der Waals surface area contributed by atoms with Crippen molar-refractivity contribution in [3.05, 3.63) is 84.8 Å². The van der Waals surface area contributed by atoms with Crippen molar-refractivity contribution in [2.24, 2.45) is 0 Å². The van der Waals surface area contributed by atoms with Crippen LogP contribution in [0.3, 0.4) is 0 Å². The van der Waals surface area contributed by atoms with Crippen LogP contribution < -0.4 is 4.72 Å². The Hall–Kier alpha value is -4.48. The molecule has 0 radical (unpaired) electrons. The summed E-state index contributed by atoms with van der Waals surface area (Å²) in [6, 6.07) is 12.3. The highest BCUT2D eigenvalue weighted by molar-refractivity contribution is 7.88. The molecule has 3 N–H and O–H groups in total. The first-order valence-electron chi connectivity index (χ1n) is 11.3. The van der Waals surface area contributed by atoms with E-state index in [0.717, 1.165) is 50.7 Å². The number of hydrogen-bond donors (Lipinski definition) is 3. The fourth-order valence-corrected chi connectivity index (χ4v) is 4.79. The van der Waals surface area contributed by atoms with Gasteiger partial charge in [0.05, 0.1) is 41.1 Å². The van der Waals surface area contributed by atoms with Gasteiger partial charge in [-0.3, -0.25) is 20.1 Å². The minimum atomic E-state index is -3.42. The molecule has 11 heteroatoms. The van der Waals surface area contributed by atoms with Crippen LogP contribution in [0.5, 0.6) is 0 Å². The SMILES string of the molecule is CS(=O)(=O)NCc1cc(F)cc(-c2cncc3[nH]c(-c4n[nH]c5ccc(-c6cnccn6)cc45)cc23)c1. The van der Waals surface area contributed by atoms with Crippen molar-refractivity contribution in [1.29, 1.82) is 0 Å². The standard InChI is InChI=1S/C26H20FN7O2S/c1-37(35,36)31-11-15-6-17(8-18(27)7-15)21-12-29-14-25-19(21)10-23(32-25)26-20-9-16(2-3-22(20)33-34-26)24-13-28-4-5-30-24/h2-10,12-14,31-32H,11H2,1H3,(H,33,34). The summed E-state index contributed by atoms with van der Waals surface area (Å²) in [4.78, 5) is 16.2. The Balaban J connectivity index is 1.44. The lowest BCUT2D eigenvalue weighted by Gasteiger charge is -2.08. The van der Waals surface area contributed by atoms with Crippen LogP contribution >= 0.6 is 0 Å². The number of aromatic amines is 2. The second-order valence-corrected chi connectivity index (χ2v) is 10.5. The maximum atomic E-state index is 14.5. The number of nitrogens with zero attached hydrogens (tertiary/aromatic N) is 4. The molecular formula is C26H20FN7O2S. The van der Waals surface area contributed by atoms with Gasteiger partial charge in [0.1, 0.15) is 11.5 Å². The largest absolute Gasteiger partial charge is 0.352 e. The van der Waals surface area contributed by atoms with E-state index in [9.17, 15) is 12.8 Å². The van der Waals surface area contributed by atoms with Gasteiger partial charge in [0.2, 0.25) is 10.0 Å². The van der Waals surface area contributed by atoms with Gasteiger partial charge in [-0.05, 0) is 47.5 Å². The summed E-state index contributed by atoms with van der Waals surface area (Å²) in [6.45, 7) is -0.0151. The third-order valence-electron chi connectivity index (χ3n) is 6.03. The predicted molar refractivity (Wildman–Crippen MR) is 139 cm³/mol. The molecule has 0 aliphatic heterocycles. The lowest BCUT2D eigenvalue weighted by Crippen LogP contribution is -2.21. The van der Waals surface area contributed by atoms with Gasteiger partial charge in [-0.1, -0.05) is 6.07 Å². The quantitative estimate of drug-likeness (QED) is 0.302. The molecule has 4 heterocycles. The van der Waals surface area contributed by atoms with Gasteiger partial charge in [0, 0.05) is 47.0 Å². The van der Waals surface area contributed by atoms with Gasteiger partial charge in [0.15, 0.2) is 0 Å². The van der Waals surface area contributed by atoms with Gasteiger partial charge >= 0.3 is 0 Å². The molecule has 0 aliphatic carbocycles. The number of aromatic nitrogens is 6. The van der Waals surface area contributed by atoms with E-state index in [0.29, 0.717) is 16.7 Å². The number of benzene rings is 2. The van der Waals surface area contributed by atoms with E-state index in [4.69, 9.17) is 0 Å². The fourth-order valence-electron chi connectivity index (χ4n) is 4.36. The molecule has 0 saturated carbocycles. The molecule has 9 nitrogen and oxygen atoms in total. The first-order valence-corrected chi connectivity index (χ1v) is 13.2. The summed E-state index contributed by atoms with van der Waals surface area (Å²) < 4.78 is 39.9. The average Bonchev–Trinajstić information content (AvgIpc) is 3.51. The molecular weight excluding hydrogens is 493 g/mol. The lowest BCUT2D eigenvalue weighted by atomic mass is 10.0. The predicted octanol–water partition coefficient (Wildman–Crippen LogP) is 4.42. The van der Waals surface area contributed by atoms with Crippen LogP contribution in [0.25, 0.3) is 55.6 Å². The number of nitrogens with one attached hydrogen (secondary N) is 3. The molecule has 0 aliphatic rings. The van der Waals surface area contributed by atoms with E-state index >= 15 is 0 Å². The summed E-state index contributed by atoms with van der Waals surface area (Å²) in [5, 5.41) is 9.34. The molecule has 0 unspecified atom stereocenters. The molecule has 4 aromatic heterocycles. The lowest BCUT2D eigenvalue weighted by molar-refractivity contribution is 0.586. The van der Waals surface area contributed by atoms with Crippen LogP contribution in [0, 0.1) is 5.82 Å². The summed E-state index contributed by atoms with van der Waals surface area (Å²) in [5.74, 6) is -0.467. The highest BCUT2D eigenvalue weighted by Gasteiger charge is 2.16. The average molecular weight is 514 g/mol. The molecule has 6 rings (SSSR count). The molecule has 6 aromatic rings. The van der Waals surface area contributed by atoms with Crippen LogP contribution in [-0.2, 0) is 16.6 Å². The van der Waals surface area contributed by atoms with Gasteiger partial charge in [-0.25, -0.2) is 17.5 Å². The topological polar surface area (TPSA) is 129 Å². The zero-order valence-electron chi connectivity index (χ0n) is 19.5. The van der Waals surface area contributed by atoms with Crippen molar-refractivity contribution in [2.75, 3.05) is 6.26 Å². The normalized spacial score (nSPS) is 11.9. The molecule has 184 valence electrons. The molecule has 0 saturated heterocycles. The summed E-state index contributed by atoms with van der Waals surface area (Å²) in [7, 11) is -3.42. The van der Waals surface area contributed by atoms with Crippen molar-refractivity contribution >= 4 is 31.8 Å². The van der Waals surface area contributed by atoms with Crippen molar-refractivity contribution in [3.8, 4) is 33.8 Å². The van der Waals surface area contributed by atoms with Crippen molar-refractivity contribution < 1.29 is 12.8 Å². The maximum Gasteiger partial charge on any atom is 0.209 e. The Morgan fingerprint density at radius 1 is 0.919 bits per heavy atom. The van der Waals surface area contributed by atoms with Crippen LogP contribution in [-0.4, -0.2) is 44.8 Å². The van der Waals surface area contributed by atoms with Crippen molar-refractivity contribution in [2.45, 2.75) is 6.54 Å². The van der Waals surface area contributed by atoms with Gasteiger partial charge < -0.3 is 4.98 Å². The second kappa shape index (κ2) is 8.87. The van der Waals surface area contributed by atoms with E-state index in [2.05, 4.69) is 34.9 Å². The van der Waals surface area contributed by atoms with E-state index in [-0.39, 0.29) is 6.54 Å². The van der Waals surface area contributed by atoms with Crippen LogP contribution in [0.4, 0.5) is 4.39 Å². The Morgan fingerprint density at radius 2 is 1.81 bits per heavy atom. The molecule has 2 aromatic carbocycles. The Morgan fingerprint density at radius 3 is 2.62 bits per heavy atom. The van der Waals surface area contributed by atoms with Gasteiger partial charge in [-0.15, -0.1) is 0 Å². The number of hydrogen-bond acceptors (Lipinski definition) is 6. The summed E-state index contributed by atoms with van der Waals surface area (Å²) in [5.41, 5.74) is 6.58. The Bertz CT molecular complexity index is 1880. The third kappa shape index (κ3) is 4.57. The smallest absolute Gasteiger partial charge is 0.209 e. The summed E-state index contributed by atoms with van der Waals surface area (Å²) in [6.07, 6.45) is 9.42. The number of halogens is 1. The number of pyridine rings is 1. The third-order valence-corrected chi connectivity index (χ3v) is 6.70. The number of sulfonamides is 1. The van der Waals surface area contributed by atoms with Crippen LogP contribution in [0.15, 0.2) is 73.4 Å². The Kier molecular flexibility index (Phi) is 5.50. The van der Waals surface area contributed by atoms with E-state index in [1.807, 2.05) is 24.3 Å². The van der Waals surface area contributed by atoms with Crippen molar-refractivity contribution in [1.82, 2.24) is 34.9 Å². The maximum absolute atomic E-state index is 14.5.